The number of aliphatic carboxylic acids is 1. The molecule has 3 rings (SSSR count). The second-order valence-corrected chi connectivity index (χ2v) is 9.78. The number of ketones is 1. The molecule has 1 heterocycles. The van der Waals surface area contributed by atoms with Crippen LogP contribution in [0.5, 0.6) is 11.5 Å². The molecule has 218 valence electrons. The number of nitrogens with one attached hydrogen (secondary N) is 1. The molecule has 0 saturated heterocycles. The van der Waals surface area contributed by atoms with Crippen LogP contribution in [0.1, 0.15) is 90.3 Å². The highest BCUT2D eigenvalue weighted by atomic mass is 16.6. The number of carboxylic acids is 1. The lowest BCUT2D eigenvalue weighted by Gasteiger charge is -2.19. The third kappa shape index (κ3) is 8.26. The number of carbonyl (C=O) groups is 5. The maximum absolute atomic E-state index is 12.9. The first-order valence-corrected chi connectivity index (χ1v) is 13.5. The van der Waals surface area contributed by atoms with Gasteiger partial charge in [-0.2, -0.15) is 0 Å². The van der Waals surface area contributed by atoms with Gasteiger partial charge in [0.1, 0.15) is 17.9 Å². The van der Waals surface area contributed by atoms with Gasteiger partial charge < -0.3 is 24.6 Å². The number of benzene rings is 2. The number of cyclic esters (lactones) is 1. The van der Waals surface area contributed by atoms with Crippen molar-refractivity contribution in [2.45, 2.75) is 72.8 Å². The summed E-state index contributed by atoms with van der Waals surface area (Å²) in [6.45, 7) is 7.27. The van der Waals surface area contributed by atoms with Crippen LogP contribution in [0.4, 0.5) is 5.69 Å². The average Bonchev–Trinajstić information content (AvgIpc) is 3.31. The smallest absolute Gasteiger partial charge is 0.342 e. The number of carbonyl (C=O) groups excluding carboxylic acids is 4. The zero-order valence-electron chi connectivity index (χ0n) is 23.8. The highest BCUT2D eigenvalue weighted by Crippen LogP contribution is 2.43. The quantitative estimate of drug-likeness (QED) is 0.134. The van der Waals surface area contributed by atoms with Crippen molar-refractivity contribution in [1.29, 1.82) is 0 Å². The summed E-state index contributed by atoms with van der Waals surface area (Å²) in [6.07, 6.45) is 2.59. The van der Waals surface area contributed by atoms with Gasteiger partial charge in [0, 0.05) is 41.6 Å². The molecule has 0 aromatic heterocycles. The molecule has 2 N–H and O–H groups in total. The van der Waals surface area contributed by atoms with Gasteiger partial charge in [0.2, 0.25) is 5.91 Å². The van der Waals surface area contributed by atoms with Crippen LogP contribution in [0.3, 0.4) is 0 Å². The standard InChI is InChI=1S/C31H35NO9/c1-5-39-29-19(3)24-17-40-31(38)28(24)30(23(29)15-9-18(2)10-16-26(35)36)41-27(37)8-6-7-25(34)32-22-13-11-21(12-14-22)20(4)33/h9,11-14H,5-8,10,15-17H2,1-4H3,(H,32,34)(H,35,36). The Balaban J connectivity index is 1.75. The second kappa shape index (κ2) is 14.2. The Hall–Kier alpha value is -4.47. The van der Waals surface area contributed by atoms with E-state index in [0.29, 0.717) is 46.7 Å². The summed E-state index contributed by atoms with van der Waals surface area (Å²) in [4.78, 5) is 60.4. The van der Waals surface area contributed by atoms with Gasteiger partial charge in [-0.25, -0.2) is 4.79 Å². The highest BCUT2D eigenvalue weighted by molar-refractivity contribution is 5.99. The number of rotatable bonds is 14. The number of anilines is 1. The van der Waals surface area contributed by atoms with Gasteiger partial charge in [-0.15, -0.1) is 0 Å². The van der Waals surface area contributed by atoms with Crippen molar-refractivity contribution in [3.8, 4) is 11.5 Å². The largest absolute Gasteiger partial charge is 0.493 e. The Bertz CT molecular complexity index is 1370. The molecule has 2 aromatic carbocycles. The van der Waals surface area contributed by atoms with E-state index in [1.165, 1.54) is 6.92 Å². The summed E-state index contributed by atoms with van der Waals surface area (Å²) in [7, 11) is 0. The maximum Gasteiger partial charge on any atom is 0.342 e. The number of hydrogen-bond acceptors (Lipinski definition) is 8. The van der Waals surface area contributed by atoms with Crippen LogP contribution in [0, 0.1) is 6.92 Å². The Morgan fingerprint density at radius 1 is 1.02 bits per heavy atom. The van der Waals surface area contributed by atoms with Gasteiger partial charge in [-0.05, 0) is 76.8 Å². The lowest BCUT2D eigenvalue weighted by atomic mass is 9.94. The number of ether oxygens (including phenoxy) is 3. The Labute approximate surface area is 238 Å². The summed E-state index contributed by atoms with van der Waals surface area (Å²) in [5, 5.41) is 11.7. The van der Waals surface area contributed by atoms with Gasteiger partial charge in [0.15, 0.2) is 11.5 Å². The fourth-order valence-corrected chi connectivity index (χ4v) is 4.44. The molecular formula is C31H35NO9. The summed E-state index contributed by atoms with van der Waals surface area (Å²) in [5.41, 5.74) is 3.88. The van der Waals surface area contributed by atoms with E-state index in [1.807, 2.05) is 26.8 Å². The Morgan fingerprint density at radius 2 is 1.73 bits per heavy atom. The maximum atomic E-state index is 12.9. The number of allylic oxidation sites excluding steroid dienone is 2. The number of Topliss-reactive ketones (excluding diaryl/α,β-unsaturated/α-hetero) is 1. The van der Waals surface area contributed by atoms with Crippen molar-refractivity contribution in [1.82, 2.24) is 0 Å². The van der Waals surface area contributed by atoms with Crippen LogP contribution in [0.2, 0.25) is 0 Å². The van der Waals surface area contributed by atoms with Crippen molar-refractivity contribution in [3.63, 3.8) is 0 Å². The van der Waals surface area contributed by atoms with Crippen LogP contribution >= 0.6 is 0 Å². The van der Waals surface area contributed by atoms with Gasteiger partial charge >= 0.3 is 17.9 Å². The molecular weight excluding hydrogens is 530 g/mol. The molecule has 1 aliphatic rings. The number of hydrogen-bond donors (Lipinski definition) is 2. The minimum absolute atomic E-state index is 0.0185. The van der Waals surface area contributed by atoms with Crippen LogP contribution < -0.4 is 14.8 Å². The molecule has 0 aliphatic carbocycles. The monoisotopic (exact) mass is 565 g/mol. The first-order valence-electron chi connectivity index (χ1n) is 13.5. The average molecular weight is 566 g/mol. The number of esters is 2. The van der Waals surface area contributed by atoms with E-state index in [4.69, 9.17) is 19.3 Å². The predicted molar refractivity (Wildman–Crippen MR) is 150 cm³/mol. The first kappa shape index (κ1) is 31.1. The van der Waals surface area contributed by atoms with Crippen molar-refractivity contribution >= 4 is 35.3 Å². The second-order valence-electron chi connectivity index (χ2n) is 9.78. The molecule has 0 bridgehead atoms. The van der Waals surface area contributed by atoms with Crippen LogP contribution in [0.25, 0.3) is 0 Å². The minimum Gasteiger partial charge on any atom is -0.493 e. The normalized spacial score (nSPS) is 12.4. The molecule has 0 fully saturated rings. The van der Waals surface area contributed by atoms with E-state index >= 15 is 0 Å². The summed E-state index contributed by atoms with van der Waals surface area (Å²) in [5.74, 6) is -1.94. The highest BCUT2D eigenvalue weighted by Gasteiger charge is 2.34. The van der Waals surface area contributed by atoms with Crippen LogP contribution in [0.15, 0.2) is 35.9 Å². The van der Waals surface area contributed by atoms with Crippen LogP contribution in [-0.4, -0.2) is 41.3 Å². The summed E-state index contributed by atoms with van der Waals surface area (Å²) < 4.78 is 16.9. The van der Waals surface area contributed by atoms with E-state index < -0.39 is 17.9 Å². The third-order valence-electron chi connectivity index (χ3n) is 6.67. The number of fused-ring (bicyclic) bond motifs is 1. The van der Waals surface area contributed by atoms with Crippen molar-refractivity contribution in [2.24, 2.45) is 0 Å². The SMILES string of the molecule is CCOc1c(C)c2c(c(OC(=O)CCCC(=O)Nc3ccc(C(C)=O)cc3)c1CC=C(C)CCC(=O)O)C(=O)OC2. The zero-order chi connectivity index (χ0) is 30.1. The lowest BCUT2D eigenvalue weighted by molar-refractivity contribution is -0.137. The zero-order valence-corrected chi connectivity index (χ0v) is 23.8. The Morgan fingerprint density at radius 3 is 2.37 bits per heavy atom. The number of amides is 1. The minimum atomic E-state index is -0.905. The molecule has 41 heavy (non-hydrogen) atoms. The molecule has 2 aromatic rings. The molecule has 0 spiro atoms. The predicted octanol–water partition coefficient (Wildman–Crippen LogP) is 5.33. The van der Waals surface area contributed by atoms with Crippen LogP contribution in [-0.2, 0) is 32.1 Å². The van der Waals surface area contributed by atoms with E-state index in [2.05, 4.69) is 5.32 Å². The fourth-order valence-electron chi connectivity index (χ4n) is 4.44. The summed E-state index contributed by atoms with van der Waals surface area (Å²) >= 11 is 0. The molecule has 0 unspecified atom stereocenters. The third-order valence-corrected chi connectivity index (χ3v) is 6.67. The molecule has 0 saturated carbocycles. The molecule has 1 amide bonds. The van der Waals surface area contributed by atoms with Gasteiger partial charge in [0.25, 0.3) is 0 Å². The van der Waals surface area contributed by atoms with E-state index in [9.17, 15) is 24.0 Å². The van der Waals surface area contributed by atoms with E-state index in [0.717, 1.165) is 5.57 Å². The van der Waals surface area contributed by atoms with E-state index in [-0.39, 0.29) is 61.7 Å². The van der Waals surface area contributed by atoms with Gasteiger partial charge in [-0.3, -0.25) is 19.2 Å². The summed E-state index contributed by atoms with van der Waals surface area (Å²) in [6, 6.07) is 6.51. The molecule has 0 atom stereocenters. The topological polar surface area (TPSA) is 145 Å². The van der Waals surface area contributed by atoms with Crippen molar-refractivity contribution < 1.29 is 43.3 Å². The lowest BCUT2D eigenvalue weighted by Crippen LogP contribution is -2.16. The van der Waals surface area contributed by atoms with Gasteiger partial charge in [-0.1, -0.05) is 11.6 Å². The molecule has 1 aliphatic heterocycles. The van der Waals surface area contributed by atoms with Crippen molar-refractivity contribution in [2.75, 3.05) is 11.9 Å². The first-order chi connectivity index (χ1) is 19.5. The molecule has 10 nitrogen and oxygen atoms in total. The van der Waals surface area contributed by atoms with E-state index in [1.54, 1.807) is 24.3 Å². The molecule has 10 heteroatoms. The van der Waals surface area contributed by atoms with Gasteiger partial charge in [0.05, 0.1) is 6.61 Å². The fraction of sp³-hybridized carbons (Fsp3) is 0.387. The molecule has 0 radical (unpaired) electrons. The number of carboxylic acid groups (broad SMARTS) is 1. The van der Waals surface area contributed by atoms with Crippen molar-refractivity contribution in [3.05, 3.63) is 63.7 Å². The Kier molecular flexibility index (Phi) is 10.8.